The fourth-order valence-corrected chi connectivity index (χ4v) is 1.98. The molecule has 0 saturated heterocycles. The standard InChI is InChI=1S/C13H15F3N4/c1-9-17-12(19-18-9)8-20(2)7-10-5-3-4-6-11(10)13(14,15)16/h3-6H,7-8H2,1-2H3,(H,17,18,19). The van der Waals surface area contributed by atoms with Gasteiger partial charge in [-0.05, 0) is 25.6 Å². The minimum Gasteiger partial charge on any atom is -0.295 e. The van der Waals surface area contributed by atoms with Crippen molar-refractivity contribution in [2.24, 2.45) is 0 Å². The van der Waals surface area contributed by atoms with Gasteiger partial charge in [-0.15, -0.1) is 0 Å². The fourth-order valence-electron chi connectivity index (χ4n) is 1.98. The average Bonchev–Trinajstić information content (AvgIpc) is 2.73. The van der Waals surface area contributed by atoms with Crippen LogP contribution in [-0.2, 0) is 19.3 Å². The maximum atomic E-state index is 12.9. The summed E-state index contributed by atoms with van der Waals surface area (Å²) in [4.78, 5) is 5.88. The van der Waals surface area contributed by atoms with Gasteiger partial charge in [0.05, 0.1) is 12.1 Å². The summed E-state index contributed by atoms with van der Waals surface area (Å²) in [5, 5.41) is 6.67. The van der Waals surface area contributed by atoms with Gasteiger partial charge in [0.1, 0.15) is 5.82 Å². The topological polar surface area (TPSA) is 44.8 Å². The number of halogens is 3. The van der Waals surface area contributed by atoms with Crippen LogP contribution < -0.4 is 0 Å². The lowest BCUT2D eigenvalue weighted by atomic mass is 10.1. The van der Waals surface area contributed by atoms with Crippen molar-refractivity contribution in [2.75, 3.05) is 7.05 Å². The molecule has 0 spiro atoms. The number of alkyl halides is 3. The largest absolute Gasteiger partial charge is 0.416 e. The summed E-state index contributed by atoms with van der Waals surface area (Å²) in [6.07, 6.45) is -4.33. The van der Waals surface area contributed by atoms with Crippen LogP contribution in [0.15, 0.2) is 24.3 Å². The van der Waals surface area contributed by atoms with Gasteiger partial charge in [-0.25, -0.2) is 4.98 Å². The van der Waals surface area contributed by atoms with Gasteiger partial charge in [0.25, 0.3) is 0 Å². The Morgan fingerprint density at radius 3 is 2.50 bits per heavy atom. The van der Waals surface area contributed by atoms with Crippen LogP contribution in [-0.4, -0.2) is 27.1 Å². The summed E-state index contributed by atoms with van der Waals surface area (Å²) in [7, 11) is 1.73. The Kier molecular flexibility index (Phi) is 4.08. The molecule has 0 saturated carbocycles. The molecule has 0 aliphatic heterocycles. The number of hydrogen-bond donors (Lipinski definition) is 1. The lowest BCUT2D eigenvalue weighted by Crippen LogP contribution is -2.20. The van der Waals surface area contributed by atoms with Crippen molar-refractivity contribution in [2.45, 2.75) is 26.2 Å². The van der Waals surface area contributed by atoms with E-state index in [1.807, 2.05) is 0 Å². The van der Waals surface area contributed by atoms with E-state index in [0.29, 0.717) is 18.2 Å². The molecule has 0 aliphatic carbocycles. The molecule has 0 fully saturated rings. The number of aromatic nitrogens is 3. The van der Waals surface area contributed by atoms with Crippen molar-refractivity contribution in [1.82, 2.24) is 20.1 Å². The minimum atomic E-state index is -4.33. The Morgan fingerprint density at radius 2 is 1.90 bits per heavy atom. The third-order valence-electron chi connectivity index (χ3n) is 2.82. The monoisotopic (exact) mass is 284 g/mol. The van der Waals surface area contributed by atoms with E-state index in [2.05, 4.69) is 15.2 Å². The zero-order valence-corrected chi connectivity index (χ0v) is 11.2. The van der Waals surface area contributed by atoms with E-state index in [-0.39, 0.29) is 12.1 Å². The summed E-state index contributed by atoms with van der Waals surface area (Å²) < 4.78 is 38.6. The number of nitrogens with zero attached hydrogens (tertiary/aromatic N) is 3. The Labute approximate surface area is 114 Å². The van der Waals surface area contributed by atoms with Gasteiger partial charge in [0.15, 0.2) is 5.82 Å². The molecule has 7 heteroatoms. The van der Waals surface area contributed by atoms with E-state index in [4.69, 9.17) is 0 Å². The minimum absolute atomic E-state index is 0.184. The molecule has 0 atom stereocenters. The van der Waals surface area contributed by atoms with Gasteiger partial charge in [0.2, 0.25) is 0 Å². The molecule has 0 unspecified atom stereocenters. The third kappa shape index (κ3) is 3.57. The molecule has 0 amide bonds. The van der Waals surface area contributed by atoms with Crippen LogP contribution in [0.5, 0.6) is 0 Å². The average molecular weight is 284 g/mol. The highest BCUT2D eigenvalue weighted by molar-refractivity contribution is 5.29. The predicted molar refractivity (Wildman–Crippen MR) is 67.7 cm³/mol. The molecular formula is C13H15F3N4. The van der Waals surface area contributed by atoms with Crippen molar-refractivity contribution >= 4 is 0 Å². The molecule has 2 rings (SSSR count). The molecule has 1 heterocycles. The lowest BCUT2D eigenvalue weighted by molar-refractivity contribution is -0.138. The van der Waals surface area contributed by atoms with Crippen molar-refractivity contribution in [3.05, 3.63) is 47.0 Å². The van der Waals surface area contributed by atoms with E-state index in [1.165, 1.54) is 12.1 Å². The molecule has 0 bridgehead atoms. The molecule has 1 aromatic carbocycles. The molecule has 1 aromatic heterocycles. The Hall–Kier alpha value is -1.89. The zero-order valence-electron chi connectivity index (χ0n) is 11.2. The quantitative estimate of drug-likeness (QED) is 0.939. The Balaban J connectivity index is 2.10. The molecule has 20 heavy (non-hydrogen) atoms. The summed E-state index contributed by atoms with van der Waals surface area (Å²) in [5.41, 5.74) is -0.354. The summed E-state index contributed by atoms with van der Waals surface area (Å²) in [6, 6.07) is 5.59. The molecule has 1 N–H and O–H groups in total. The van der Waals surface area contributed by atoms with Crippen molar-refractivity contribution in [1.29, 1.82) is 0 Å². The first kappa shape index (κ1) is 14.5. The van der Waals surface area contributed by atoms with E-state index >= 15 is 0 Å². The fraction of sp³-hybridized carbons (Fsp3) is 0.385. The Bertz CT molecular complexity index is 577. The van der Waals surface area contributed by atoms with Crippen LogP contribution in [0.3, 0.4) is 0 Å². The first-order valence-electron chi connectivity index (χ1n) is 6.08. The highest BCUT2D eigenvalue weighted by Gasteiger charge is 2.32. The number of aromatic amines is 1. The smallest absolute Gasteiger partial charge is 0.295 e. The van der Waals surface area contributed by atoms with Gasteiger partial charge in [-0.3, -0.25) is 10.00 Å². The van der Waals surface area contributed by atoms with Gasteiger partial charge < -0.3 is 0 Å². The number of benzene rings is 1. The van der Waals surface area contributed by atoms with Gasteiger partial charge in [0, 0.05) is 6.54 Å². The van der Waals surface area contributed by atoms with Gasteiger partial charge >= 0.3 is 6.18 Å². The molecule has 0 aliphatic rings. The second-order valence-electron chi connectivity index (χ2n) is 4.66. The number of rotatable bonds is 4. The van der Waals surface area contributed by atoms with Crippen LogP contribution >= 0.6 is 0 Å². The second kappa shape index (κ2) is 5.62. The van der Waals surface area contributed by atoms with Crippen LogP contribution in [0, 0.1) is 6.92 Å². The Morgan fingerprint density at radius 1 is 1.20 bits per heavy atom. The molecule has 108 valence electrons. The summed E-state index contributed by atoms with van der Waals surface area (Å²) in [5.74, 6) is 1.25. The summed E-state index contributed by atoms with van der Waals surface area (Å²) >= 11 is 0. The molecule has 4 nitrogen and oxygen atoms in total. The van der Waals surface area contributed by atoms with Gasteiger partial charge in [-0.1, -0.05) is 18.2 Å². The van der Waals surface area contributed by atoms with Crippen LogP contribution in [0.1, 0.15) is 22.8 Å². The maximum absolute atomic E-state index is 12.9. The highest BCUT2D eigenvalue weighted by Crippen LogP contribution is 2.32. The second-order valence-corrected chi connectivity index (χ2v) is 4.66. The van der Waals surface area contributed by atoms with E-state index < -0.39 is 11.7 Å². The van der Waals surface area contributed by atoms with E-state index in [0.717, 1.165) is 6.07 Å². The normalized spacial score (nSPS) is 12.1. The first-order valence-corrected chi connectivity index (χ1v) is 6.08. The van der Waals surface area contributed by atoms with Crippen LogP contribution in [0.2, 0.25) is 0 Å². The predicted octanol–water partition coefficient (Wildman–Crippen LogP) is 2.76. The molecule has 2 aromatic rings. The van der Waals surface area contributed by atoms with Crippen molar-refractivity contribution in [3.8, 4) is 0 Å². The van der Waals surface area contributed by atoms with Crippen molar-refractivity contribution < 1.29 is 13.2 Å². The van der Waals surface area contributed by atoms with Crippen LogP contribution in [0.4, 0.5) is 13.2 Å². The number of H-pyrrole nitrogens is 1. The number of aryl methyl sites for hydroxylation is 1. The number of hydrogen-bond acceptors (Lipinski definition) is 3. The third-order valence-corrected chi connectivity index (χ3v) is 2.82. The summed E-state index contributed by atoms with van der Waals surface area (Å²) in [6.45, 7) is 2.34. The molecule has 0 radical (unpaired) electrons. The maximum Gasteiger partial charge on any atom is 0.416 e. The molecular weight excluding hydrogens is 269 g/mol. The van der Waals surface area contributed by atoms with Crippen LogP contribution in [0.25, 0.3) is 0 Å². The van der Waals surface area contributed by atoms with Gasteiger partial charge in [-0.2, -0.15) is 18.3 Å². The first-order chi connectivity index (χ1) is 9.36. The van der Waals surface area contributed by atoms with E-state index in [1.54, 1.807) is 24.9 Å². The SMILES string of the molecule is Cc1nc(CN(C)Cc2ccccc2C(F)(F)F)n[nH]1. The van der Waals surface area contributed by atoms with Crippen molar-refractivity contribution in [3.63, 3.8) is 0 Å². The lowest BCUT2D eigenvalue weighted by Gasteiger charge is -2.18. The number of nitrogens with one attached hydrogen (secondary N) is 1. The highest BCUT2D eigenvalue weighted by atomic mass is 19.4. The van der Waals surface area contributed by atoms with E-state index in [9.17, 15) is 13.2 Å². The zero-order chi connectivity index (χ0) is 14.8.